The number of aromatic nitrogens is 2. The Morgan fingerprint density at radius 3 is 2.11 bits per heavy atom. The molecule has 1 aromatic heterocycles. The van der Waals surface area contributed by atoms with Crippen molar-refractivity contribution >= 4 is 40.6 Å². The molecule has 0 unspecified atom stereocenters. The Morgan fingerprint density at radius 1 is 0.754 bits per heavy atom. The van der Waals surface area contributed by atoms with E-state index in [-0.39, 0.29) is 30.2 Å². The fourth-order valence-electron chi connectivity index (χ4n) is 8.06. The minimum absolute atomic E-state index is 0.0925. The number of H-pyrrole nitrogens is 1. The SMILES string of the molecule is CNC[C@H](NC(=O)[C@@H](NC(=O)[C@@H]1CCCN1C(=O)c1ccccc1)C(C)C)C(=O)N[C@@H](CC1CCCC1)C(=O)N[C@@H](C)c1nc2c(-c3ccccc3)cccc2[nH]1. The zero-order valence-electron chi connectivity index (χ0n) is 33.3. The van der Waals surface area contributed by atoms with E-state index in [1.54, 1.807) is 36.2 Å². The zero-order chi connectivity index (χ0) is 40.5. The predicted molar refractivity (Wildman–Crippen MR) is 220 cm³/mol. The van der Waals surface area contributed by atoms with Gasteiger partial charge in [-0.25, -0.2) is 4.98 Å². The summed E-state index contributed by atoms with van der Waals surface area (Å²) < 4.78 is 0. The van der Waals surface area contributed by atoms with Crippen molar-refractivity contribution in [3.8, 4) is 11.1 Å². The number of fused-ring (bicyclic) bond motifs is 1. The fraction of sp³-hybridized carbons (Fsp3) is 0.455. The minimum Gasteiger partial charge on any atom is -0.345 e. The van der Waals surface area contributed by atoms with Gasteiger partial charge in [-0.3, -0.25) is 24.0 Å². The summed E-state index contributed by atoms with van der Waals surface area (Å²) in [7, 11) is 1.67. The highest BCUT2D eigenvalue weighted by Crippen LogP contribution is 2.30. The first-order chi connectivity index (χ1) is 27.5. The smallest absolute Gasteiger partial charge is 0.254 e. The lowest BCUT2D eigenvalue weighted by Crippen LogP contribution is -2.61. The maximum absolute atomic E-state index is 14.0. The van der Waals surface area contributed by atoms with Gasteiger partial charge >= 0.3 is 0 Å². The van der Waals surface area contributed by atoms with Crippen molar-refractivity contribution < 1.29 is 24.0 Å². The van der Waals surface area contributed by atoms with Crippen LogP contribution in [0, 0.1) is 11.8 Å². The van der Waals surface area contributed by atoms with Crippen molar-refractivity contribution in [2.24, 2.45) is 11.8 Å². The van der Waals surface area contributed by atoms with E-state index in [0.29, 0.717) is 37.2 Å². The van der Waals surface area contributed by atoms with E-state index >= 15 is 0 Å². The molecule has 0 radical (unpaired) electrons. The maximum Gasteiger partial charge on any atom is 0.254 e. The van der Waals surface area contributed by atoms with Crippen molar-refractivity contribution in [2.75, 3.05) is 20.1 Å². The van der Waals surface area contributed by atoms with Crippen molar-refractivity contribution in [1.29, 1.82) is 0 Å². The molecule has 2 aliphatic rings. The Hall–Kier alpha value is -5.56. The van der Waals surface area contributed by atoms with Gasteiger partial charge in [0, 0.05) is 24.2 Å². The molecule has 6 N–H and O–H groups in total. The van der Waals surface area contributed by atoms with Crippen LogP contribution in [0.15, 0.2) is 78.9 Å². The normalized spacial score (nSPS) is 17.8. The van der Waals surface area contributed by atoms with Crippen LogP contribution >= 0.6 is 0 Å². The number of amides is 5. The number of likely N-dealkylation sites (N-methyl/N-ethyl adjacent to an activating group) is 1. The van der Waals surface area contributed by atoms with Crippen molar-refractivity contribution in [1.82, 2.24) is 41.5 Å². The van der Waals surface area contributed by atoms with Gasteiger partial charge in [0.15, 0.2) is 0 Å². The Kier molecular flexibility index (Phi) is 13.7. The number of nitrogens with one attached hydrogen (secondary N) is 6. The van der Waals surface area contributed by atoms with Crippen LogP contribution < -0.4 is 26.6 Å². The highest BCUT2D eigenvalue weighted by atomic mass is 16.2. The number of carbonyl (C=O) groups excluding carboxylic acids is 5. The lowest BCUT2D eigenvalue weighted by Gasteiger charge is -2.29. The number of carbonyl (C=O) groups is 5. The third-order valence-corrected chi connectivity index (χ3v) is 11.2. The molecule has 3 aromatic carbocycles. The Morgan fingerprint density at radius 2 is 1.42 bits per heavy atom. The molecule has 302 valence electrons. The summed E-state index contributed by atoms with van der Waals surface area (Å²) >= 11 is 0. The number of imidazole rings is 1. The first-order valence-electron chi connectivity index (χ1n) is 20.3. The van der Waals surface area contributed by atoms with Crippen LogP contribution in [0.3, 0.4) is 0 Å². The summed E-state index contributed by atoms with van der Waals surface area (Å²) in [6, 6.07) is 20.7. The van der Waals surface area contributed by atoms with Crippen LogP contribution in [0.1, 0.15) is 87.9 Å². The van der Waals surface area contributed by atoms with Gasteiger partial charge in [-0.2, -0.15) is 0 Å². The number of rotatable bonds is 16. The molecular weight excluding hydrogens is 721 g/mol. The Labute approximate surface area is 334 Å². The van der Waals surface area contributed by atoms with Gasteiger partial charge in [-0.15, -0.1) is 0 Å². The average molecular weight is 777 g/mol. The maximum atomic E-state index is 14.0. The number of benzene rings is 3. The lowest BCUT2D eigenvalue weighted by molar-refractivity contribution is -0.135. The number of aromatic amines is 1. The second kappa shape index (κ2) is 19.1. The van der Waals surface area contributed by atoms with E-state index in [2.05, 4.69) is 31.6 Å². The van der Waals surface area contributed by atoms with E-state index in [4.69, 9.17) is 4.98 Å². The quantitative estimate of drug-likeness (QED) is 0.0962. The van der Waals surface area contributed by atoms with E-state index in [0.717, 1.165) is 47.8 Å². The van der Waals surface area contributed by atoms with Gasteiger partial charge in [0.25, 0.3) is 5.91 Å². The van der Waals surface area contributed by atoms with Crippen LogP contribution in [0.2, 0.25) is 0 Å². The third kappa shape index (κ3) is 10.1. The first-order valence-corrected chi connectivity index (χ1v) is 20.3. The summed E-state index contributed by atoms with van der Waals surface area (Å²) in [6.45, 7) is 6.02. The standard InChI is InChI=1S/C44H56N8O5/c1-27(2)37(51-42(55)36-23-14-24-52(36)44(57)31-19-9-6-10-20-31)43(56)49-35(26-45-4)41(54)48-34(25-29-15-11-12-16-29)40(53)46-28(3)39-47-33-22-13-21-32(38(33)50-39)30-17-7-5-8-18-30/h5-10,13,17-22,27-29,34-37,45H,11-12,14-16,23-26H2,1-4H3,(H,46,53)(H,47,50)(H,48,54)(H,49,56)(H,51,55)/t28-,34-,35-,36-,37-/m0/s1. The Balaban J connectivity index is 1.12. The monoisotopic (exact) mass is 776 g/mol. The fourth-order valence-corrected chi connectivity index (χ4v) is 8.06. The summed E-state index contributed by atoms with van der Waals surface area (Å²) in [5, 5.41) is 14.7. The molecule has 1 saturated carbocycles. The summed E-state index contributed by atoms with van der Waals surface area (Å²) in [6.07, 6.45) is 5.72. The van der Waals surface area contributed by atoms with Gasteiger partial charge in [0.1, 0.15) is 30.0 Å². The van der Waals surface area contributed by atoms with Gasteiger partial charge in [0.05, 0.1) is 17.1 Å². The number of likely N-dealkylation sites (tertiary alicyclic amines) is 1. The first kappa shape index (κ1) is 41.1. The minimum atomic E-state index is -1.04. The largest absolute Gasteiger partial charge is 0.345 e. The number of para-hydroxylation sites is 1. The van der Waals surface area contributed by atoms with Crippen molar-refractivity contribution in [2.45, 2.75) is 95.9 Å². The number of hydrogen-bond acceptors (Lipinski definition) is 7. The van der Waals surface area contributed by atoms with E-state index in [1.807, 2.05) is 75.4 Å². The highest BCUT2D eigenvalue weighted by molar-refractivity contribution is 5.99. The van der Waals surface area contributed by atoms with E-state index in [1.165, 1.54) is 0 Å². The molecule has 4 aromatic rings. The zero-order valence-corrected chi connectivity index (χ0v) is 33.3. The molecule has 2 heterocycles. The third-order valence-electron chi connectivity index (χ3n) is 11.2. The molecule has 5 atom stereocenters. The molecule has 1 aliphatic heterocycles. The second-order valence-electron chi connectivity index (χ2n) is 15.7. The molecule has 0 spiro atoms. The molecule has 13 nitrogen and oxygen atoms in total. The van der Waals surface area contributed by atoms with Crippen LogP contribution in [-0.2, 0) is 19.2 Å². The lowest BCUT2D eigenvalue weighted by atomic mass is 9.97. The Bertz CT molecular complexity index is 2010. The molecular formula is C44H56N8O5. The van der Waals surface area contributed by atoms with Crippen LogP contribution in [0.4, 0.5) is 0 Å². The average Bonchev–Trinajstić information content (AvgIpc) is 4.01. The number of nitrogens with zero attached hydrogens (tertiary/aromatic N) is 2. The van der Waals surface area contributed by atoms with Crippen LogP contribution in [-0.4, -0.2) is 88.7 Å². The van der Waals surface area contributed by atoms with Gasteiger partial charge in [-0.1, -0.05) is 100 Å². The number of hydrogen-bond donors (Lipinski definition) is 6. The van der Waals surface area contributed by atoms with Gasteiger partial charge in [0.2, 0.25) is 23.6 Å². The van der Waals surface area contributed by atoms with E-state index < -0.39 is 47.9 Å². The van der Waals surface area contributed by atoms with Crippen molar-refractivity contribution in [3.63, 3.8) is 0 Å². The highest BCUT2D eigenvalue weighted by Gasteiger charge is 2.38. The molecule has 1 saturated heterocycles. The molecule has 6 rings (SSSR count). The molecule has 0 bridgehead atoms. The van der Waals surface area contributed by atoms with Crippen molar-refractivity contribution in [3.05, 3.63) is 90.3 Å². The molecule has 5 amide bonds. The molecule has 13 heteroatoms. The summed E-state index contributed by atoms with van der Waals surface area (Å²) in [4.78, 5) is 78.6. The molecule has 2 fully saturated rings. The van der Waals surface area contributed by atoms with Crippen LogP contribution in [0.5, 0.6) is 0 Å². The predicted octanol–water partition coefficient (Wildman–Crippen LogP) is 4.62. The molecule has 1 aliphatic carbocycles. The van der Waals surface area contributed by atoms with Gasteiger partial charge < -0.3 is 36.5 Å². The van der Waals surface area contributed by atoms with Crippen LogP contribution in [0.25, 0.3) is 22.2 Å². The van der Waals surface area contributed by atoms with E-state index in [9.17, 15) is 24.0 Å². The summed E-state index contributed by atoms with van der Waals surface area (Å²) in [5.41, 5.74) is 4.18. The van der Waals surface area contributed by atoms with Gasteiger partial charge in [-0.05, 0) is 68.8 Å². The second-order valence-corrected chi connectivity index (χ2v) is 15.7. The topological polar surface area (TPSA) is 177 Å². The molecule has 57 heavy (non-hydrogen) atoms. The summed E-state index contributed by atoms with van der Waals surface area (Å²) in [5.74, 6) is -1.47.